The maximum Gasteiger partial charge on any atom is 0.176 e. The number of ether oxygens (including phenoxy) is 1. The van der Waals surface area contributed by atoms with Crippen LogP contribution in [-0.2, 0) is 0 Å². The Balaban J connectivity index is 2.70. The highest BCUT2D eigenvalue weighted by Gasteiger charge is 2.12. The van der Waals surface area contributed by atoms with Crippen LogP contribution in [-0.4, -0.2) is 37.9 Å². The van der Waals surface area contributed by atoms with Gasteiger partial charge in [0, 0.05) is 12.1 Å². The molecule has 100 valence electrons. The number of halogens is 1. The lowest BCUT2D eigenvalue weighted by Crippen LogP contribution is -2.29. The van der Waals surface area contributed by atoms with Gasteiger partial charge in [0.05, 0.1) is 13.7 Å². The second kappa shape index (κ2) is 6.50. The summed E-state index contributed by atoms with van der Waals surface area (Å²) >= 11 is 0. The minimum Gasteiger partial charge on any atom is -0.494 e. The van der Waals surface area contributed by atoms with E-state index < -0.39 is 5.82 Å². The number of ketones is 1. The lowest BCUT2D eigenvalue weighted by atomic mass is 10.1. The van der Waals surface area contributed by atoms with Crippen molar-refractivity contribution in [2.45, 2.75) is 13.8 Å². The van der Waals surface area contributed by atoms with E-state index in [1.165, 1.54) is 19.2 Å². The molecule has 0 radical (unpaired) electrons. The summed E-state index contributed by atoms with van der Waals surface area (Å²) in [5.41, 5.74) is 0.379. The number of hydrogen-bond acceptors (Lipinski definition) is 3. The van der Waals surface area contributed by atoms with Crippen LogP contribution in [0, 0.1) is 11.7 Å². The zero-order valence-corrected chi connectivity index (χ0v) is 11.4. The number of methoxy groups -OCH3 is 1. The van der Waals surface area contributed by atoms with E-state index >= 15 is 0 Å². The van der Waals surface area contributed by atoms with Crippen LogP contribution < -0.4 is 4.74 Å². The molecule has 1 rings (SSSR count). The third kappa shape index (κ3) is 4.11. The predicted octanol–water partition coefficient (Wildman–Crippen LogP) is 2.60. The Bertz CT molecular complexity index is 418. The summed E-state index contributed by atoms with van der Waals surface area (Å²) in [6, 6.07) is 4.29. The molecule has 0 aliphatic rings. The topological polar surface area (TPSA) is 29.5 Å². The van der Waals surface area contributed by atoms with E-state index in [0.717, 1.165) is 6.54 Å². The number of carbonyl (C=O) groups is 1. The van der Waals surface area contributed by atoms with Crippen LogP contribution in [0.3, 0.4) is 0 Å². The Hall–Kier alpha value is -1.42. The minimum atomic E-state index is -0.505. The SMILES string of the molecule is COc1ccc(C(=O)CN(C)CC(C)C)cc1F. The smallest absolute Gasteiger partial charge is 0.176 e. The fourth-order valence-electron chi connectivity index (χ4n) is 1.86. The number of hydrogen-bond donors (Lipinski definition) is 0. The molecule has 0 aromatic heterocycles. The monoisotopic (exact) mass is 253 g/mol. The second-order valence-electron chi connectivity index (χ2n) is 4.86. The number of Topliss-reactive ketones (excluding diaryl/α,β-unsaturated/α-hetero) is 1. The maximum absolute atomic E-state index is 13.5. The molecule has 0 N–H and O–H groups in total. The third-order valence-corrected chi connectivity index (χ3v) is 2.56. The highest BCUT2D eigenvalue weighted by Crippen LogP contribution is 2.18. The van der Waals surface area contributed by atoms with E-state index in [-0.39, 0.29) is 11.5 Å². The second-order valence-corrected chi connectivity index (χ2v) is 4.86. The van der Waals surface area contributed by atoms with Crippen LogP contribution in [0.25, 0.3) is 0 Å². The fourth-order valence-corrected chi connectivity index (χ4v) is 1.86. The molecule has 1 aromatic rings. The van der Waals surface area contributed by atoms with Crippen LogP contribution in [0.5, 0.6) is 5.75 Å². The molecule has 0 aliphatic carbocycles. The van der Waals surface area contributed by atoms with Crippen molar-refractivity contribution in [2.24, 2.45) is 5.92 Å². The molecule has 0 unspecified atom stereocenters. The predicted molar refractivity (Wildman–Crippen MR) is 69.6 cm³/mol. The molecular formula is C14H20FNO2. The first kappa shape index (κ1) is 14.6. The number of rotatable bonds is 6. The quantitative estimate of drug-likeness (QED) is 0.730. The normalized spacial score (nSPS) is 11.1. The molecule has 0 fully saturated rings. The van der Waals surface area contributed by atoms with Crippen molar-refractivity contribution in [2.75, 3.05) is 27.2 Å². The van der Waals surface area contributed by atoms with E-state index in [1.54, 1.807) is 6.07 Å². The molecule has 0 amide bonds. The van der Waals surface area contributed by atoms with Gasteiger partial charge in [-0.1, -0.05) is 13.8 Å². The minimum absolute atomic E-state index is 0.0836. The summed E-state index contributed by atoms with van der Waals surface area (Å²) in [6.07, 6.45) is 0. The Morgan fingerprint density at radius 2 is 2.11 bits per heavy atom. The zero-order valence-electron chi connectivity index (χ0n) is 11.4. The maximum atomic E-state index is 13.5. The lowest BCUT2D eigenvalue weighted by molar-refractivity contribution is 0.0940. The van der Waals surface area contributed by atoms with E-state index in [2.05, 4.69) is 13.8 Å². The number of benzene rings is 1. The van der Waals surface area contributed by atoms with Gasteiger partial charge >= 0.3 is 0 Å². The molecule has 18 heavy (non-hydrogen) atoms. The van der Waals surface area contributed by atoms with Gasteiger partial charge < -0.3 is 4.74 Å². The van der Waals surface area contributed by atoms with Crippen molar-refractivity contribution in [1.29, 1.82) is 0 Å². The van der Waals surface area contributed by atoms with E-state index in [9.17, 15) is 9.18 Å². The Kier molecular flexibility index (Phi) is 5.28. The van der Waals surface area contributed by atoms with Crippen molar-refractivity contribution >= 4 is 5.78 Å². The molecule has 0 spiro atoms. The highest BCUT2D eigenvalue weighted by molar-refractivity contribution is 5.97. The van der Waals surface area contributed by atoms with Gasteiger partial charge in [-0.15, -0.1) is 0 Å². The molecule has 0 saturated heterocycles. The summed E-state index contributed by atoms with van der Waals surface area (Å²) in [5.74, 6) is 0.0621. The molecule has 0 heterocycles. The summed E-state index contributed by atoms with van der Waals surface area (Å²) < 4.78 is 18.3. The van der Waals surface area contributed by atoms with Crippen LogP contribution in [0.15, 0.2) is 18.2 Å². The van der Waals surface area contributed by atoms with Gasteiger partial charge in [-0.05, 0) is 31.2 Å². The summed E-state index contributed by atoms with van der Waals surface area (Å²) in [7, 11) is 3.29. The van der Waals surface area contributed by atoms with Crippen molar-refractivity contribution in [3.63, 3.8) is 0 Å². The molecule has 3 nitrogen and oxygen atoms in total. The van der Waals surface area contributed by atoms with E-state index in [0.29, 0.717) is 18.0 Å². The third-order valence-electron chi connectivity index (χ3n) is 2.56. The van der Waals surface area contributed by atoms with Crippen molar-refractivity contribution in [1.82, 2.24) is 4.90 Å². The molecule has 4 heteroatoms. The van der Waals surface area contributed by atoms with Crippen molar-refractivity contribution in [3.8, 4) is 5.75 Å². The van der Waals surface area contributed by atoms with Crippen LogP contribution in [0.4, 0.5) is 4.39 Å². The average Bonchev–Trinajstić information content (AvgIpc) is 2.27. The van der Waals surface area contributed by atoms with Gasteiger partial charge in [-0.3, -0.25) is 9.69 Å². The Labute approximate surface area is 108 Å². The first-order valence-electron chi connectivity index (χ1n) is 5.99. The first-order valence-corrected chi connectivity index (χ1v) is 5.99. The zero-order chi connectivity index (χ0) is 13.7. The Morgan fingerprint density at radius 1 is 1.44 bits per heavy atom. The van der Waals surface area contributed by atoms with Crippen LogP contribution in [0.1, 0.15) is 24.2 Å². The van der Waals surface area contributed by atoms with E-state index in [4.69, 9.17) is 4.74 Å². The number of carbonyl (C=O) groups excluding carboxylic acids is 1. The van der Waals surface area contributed by atoms with Gasteiger partial charge in [0.2, 0.25) is 0 Å². The molecule has 0 bridgehead atoms. The van der Waals surface area contributed by atoms with Crippen LogP contribution >= 0.6 is 0 Å². The number of nitrogens with zero attached hydrogens (tertiary/aromatic N) is 1. The van der Waals surface area contributed by atoms with Gasteiger partial charge in [0.15, 0.2) is 17.3 Å². The van der Waals surface area contributed by atoms with Gasteiger partial charge in [-0.2, -0.15) is 0 Å². The first-order chi connectivity index (χ1) is 8.43. The van der Waals surface area contributed by atoms with Gasteiger partial charge in [-0.25, -0.2) is 4.39 Å². The Morgan fingerprint density at radius 3 is 2.61 bits per heavy atom. The van der Waals surface area contributed by atoms with Gasteiger partial charge in [0.1, 0.15) is 0 Å². The summed E-state index contributed by atoms with van der Waals surface area (Å²) in [4.78, 5) is 13.9. The lowest BCUT2D eigenvalue weighted by Gasteiger charge is -2.18. The molecular weight excluding hydrogens is 233 g/mol. The van der Waals surface area contributed by atoms with Gasteiger partial charge in [0.25, 0.3) is 0 Å². The molecule has 0 aliphatic heterocycles. The summed E-state index contributed by atoms with van der Waals surface area (Å²) in [5, 5.41) is 0. The van der Waals surface area contributed by atoms with Crippen LogP contribution in [0.2, 0.25) is 0 Å². The largest absolute Gasteiger partial charge is 0.494 e. The molecule has 0 atom stereocenters. The average molecular weight is 253 g/mol. The van der Waals surface area contributed by atoms with Crippen molar-refractivity contribution in [3.05, 3.63) is 29.6 Å². The van der Waals surface area contributed by atoms with E-state index in [1.807, 2.05) is 11.9 Å². The fraction of sp³-hybridized carbons (Fsp3) is 0.500. The molecule has 0 saturated carbocycles. The number of likely N-dealkylation sites (N-methyl/N-ethyl adjacent to an activating group) is 1. The summed E-state index contributed by atoms with van der Waals surface area (Å²) in [6.45, 7) is 5.32. The highest BCUT2D eigenvalue weighted by atomic mass is 19.1. The van der Waals surface area contributed by atoms with Crippen molar-refractivity contribution < 1.29 is 13.9 Å². The standard InChI is InChI=1S/C14H20FNO2/c1-10(2)8-16(3)9-13(17)11-5-6-14(18-4)12(15)7-11/h5-7,10H,8-9H2,1-4H3. The molecule has 1 aromatic carbocycles.